The van der Waals surface area contributed by atoms with Crippen LogP contribution in [0.25, 0.3) is 0 Å². The van der Waals surface area contributed by atoms with Crippen molar-refractivity contribution in [2.45, 2.75) is 24.0 Å². The molecule has 2 N–H and O–H groups in total. The molecule has 5 aromatic rings. The number of amides is 2. The largest absolute Gasteiger partial charge is 0.496 e. The maximum atomic E-state index is 13.9. The molecule has 0 saturated heterocycles. The Morgan fingerprint density at radius 2 is 1.39 bits per heavy atom. The predicted molar refractivity (Wildman–Crippen MR) is 180 cm³/mol. The highest BCUT2D eigenvalue weighted by molar-refractivity contribution is 7.92. The van der Waals surface area contributed by atoms with Crippen LogP contribution in [0.2, 0.25) is 0 Å². The lowest BCUT2D eigenvalue weighted by Gasteiger charge is -2.31. The van der Waals surface area contributed by atoms with E-state index in [0.29, 0.717) is 16.9 Å². The number of para-hydroxylation sites is 1. The number of nitrogens with one attached hydrogen (secondary N) is 2. The number of hydrogen-bond donors (Lipinski definition) is 2. The van der Waals surface area contributed by atoms with Crippen LogP contribution < -0.4 is 19.5 Å². The average molecular weight is 686 g/mol. The van der Waals surface area contributed by atoms with Crippen molar-refractivity contribution >= 4 is 27.5 Å². The van der Waals surface area contributed by atoms with Crippen molar-refractivity contribution in [2.75, 3.05) is 18.4 Å². The third-order valence-electron chi connectivity index (χ3n) is 7.50. The molecule has 12 heteroatoms. The number of halogens is 2. The monoisotopic (exact) mass is 685 g/mol. The van der Waals surface area contributed by atoms with Crippen LogP contribution in [0.15, 0.2) is 132 Å². The number of rotatable bonds is 14. The summed E-state index contributed by atoms with van der Waals surface area (Å²) in [6.07, 6.45) is 0. The first kappa shape index (κ1) is 34.6. The Kier molecular flexibility index (Phi) is 11.2. The SMILES string of the molecule is COc1ccccc1CNC(=O)[C@@H](c1ccccc1)N(Cc1ccc(F)cc1)C(=O)COc1ccc(S(=O)(=O)Nc2ccc(F)cc2)cc1. The smallest absolute Gasteiger partial charge is 0.261 e. The number of anilines is 1. The highest BCUT2D eigenvalue weighted by atomic mass is 32.2. The topological polar surface area (TPSA) is 114 Å². The van der Waals surface area contributed by atoms with Crippen LogP contribution in [-0.2, 0) is 32.7 Å². The molecule has 0 heterocycles. The van der Waals surface area contributed by atoms with E-state index in [1.807, 2.05) is 18.2 Å². The summed E-state index contributed by atoms with van der Waals surface area (Å²) in [6, 6.07) is 30.8. The van der Waals surface area contributed by atoms with Crippen molar-refractivity contribution in [3.05, 3.63) is 156 Å². The lowest BCUT2D eigenvalue weighted by Crippen LogP contribution is -2.45. The summed E-state index contributed by atoms with van der Waals surface area (Å²) in [5, 5.41) is 2.92. The Morgan fingerprint density at radius 3 is 2.04 bits per heavy atom. The molecule has 49 heavy (non-hydrogen) atoms. The van der Waals surface area contributed by atoms with E-state index in [2.05, 4.69) is 10.0 Å². The fourth-order valence-corrected chi connectivity index (χ4v) is 6.08. The minimum atomic E-state index is -3.99. The van der Waals surface area contributed by atoms with Gasteiger partial charge in [-0.1, -0.05) is 60.7 Å². The van der Waals surface area contributed by atoms with Gasteiger partial charge < -0.3 is 19.7 Å². The van der Waals surface area contributed by atoms with E-state index in [0.717, 1.165) is 17.7 Å². The van der Waals surface area contributed by atoms with Crippen LogP contribution in [-0.4, -0.2) is 38.8 Å². The van der Waals surface area contributed by atoms with E-state index in [1.54, 1.807) is 36.4 Å². The normalized spacial score (nSPS) is 11.7. The summed E-state index contributed by atoms with van der Waals surface area (Å²) in [7, 11) is -2.45. The highest BCUT2D eigenvalue weighted by Gasteiger charge is 2.32. The number of hydrogen-bond acceptors (Lipinski definition) is 6. The van der Waals surface area contributed by atoms with E-state index < -0.39 is 46.1 Å². The summed E-state index contributed by atoms with van der Waals surface area (Å²) in [5.74, 6) is -1.17. The molecule has 9 nitrogen and oxygen atoms in total. The second-order valence-corrected chi connectivity index (χ2v) is 12.5. The van der Waals surface area contributed by atoms with Crippen LogP contribution in [0.1, 0.15) is 22.7 Å². The molecule has 0 spiro atoms. The van der Waals surface area contributed by atoms with Gasteiger partial charge in [-0.25, -0.2) is 17.2 Å². The molecule has 2 amide bonds. The second-order valence-electron chi connectivity index (χ2n) is 10.9. The van der Waals surface area contributed by atoms with E-state index >= 15 is 0 Å². The third-order valence-corrected chi connectivity index (χ3v) is 8.90. The van der Waals surface area contributed by atoms with Crippen LogP contribution >= 0.6 is 0 Å². The van der Waals surface area contributed by atoms with Gasteiger partial charge in [0.05, 0.1) is 12.0 Å². The maximum Gasteiger partial charge on any atom is 0.261 e. The van der Waals surface area contributed by atoms with Crippen LogP contribution in [0, 0.1) is 11.6 Å². The number of methoxy groups -OCH3 is 1. The number of ether oxygens (including phenoxy) is 2. The predicted octanol–water partition coefficient (Wildman–Crippen LogP) is 6.24. The fraction of sp³-hybridized carbons (Fsp3) is 0.135. The second kappa shape index (κ2) is 15.9. The van der Waals surface area contributed by atoms with Gasteiger partial charge in [0.25, 0.3) is 15.9 Å². The summed E-state index contributed by atoms with van der Waals surface area (Å²) < 4.78 is 66.2. The van der Waals surface area contributed by atoms with Gasteiger partial charge >= 0.3 is 0 Å². The van der Waals surface area contributed by atoms with Gasteiger partial charge in [0, 0.05) is 24.3 Å². The quantitative estimate of drug-likeness (QED) is 0.143. The molecule has 0 radical (unpaired) electrons. The summed E-state index contributed by atoms with van der Waals surface area (Å²) in [6.45, 7) is -0.410. The molecule has 0 bridgehead atoms. The molecule has 5 rings (SSSR count). The Balaban J connectivity index is 1.36. The van der Waals surface area contributed by atoms with Crippen molar-refractivity contribution < 1.29 is 36.3 Å². The number of benzene rings is 5. The molecule has 0 fully saturated rings. The lowest BCUT2D eigenvalue weighted by molar-refractivity contribution is -0.143. The molecule has 0 aliphatic heterocycles. The summed E-state index contributed by atoms with van der Waals surface area (Å²) >= 11 is 0. The maximum absolute atomic E-state index is 13.9. The molecule has 0 unspecified atom stereocenters. The molecular weight excluding hydrogens is 652 g/mol. The van der Waals surface area contributed by atoms with Crippen molar-refractivity contribution in [1.82, 2.24) is 10.2 Å². The molecule has 0 aliphatic rings. The first-order chi connectivity index (χ1) is 23.6. The Bertz CT molecular complexity index is 1980. The summed E-state index contributed by atoms with van der Waals surface area (Å²) in [5.41, 5.74) is 2.05. The van der Waals surface area contributed by atoms with Crippen LogP contribution in [0.4, 0.5) is 14.5 Å². The minimum Gasteiger partial charge on any atom is -0.496 e. The van der Waals surface area contributed by atoms with Gasteiger partial charge in [-0.2, -0.15) is 0 Å². The van der Waals surface area contributed by atoms with Gasteiger partial charge in [0.15, 0.2) is 6.61 Å². The van der Waals surface area contributed by atoms with Crippen molar-refractivity contribution in [3.8, 4) is 11.5 Å². The average Bonchev–Trinajstić information content (AvgIpc) is 3.12. The van der Waals surface area contributed by atoms with Gasteiger partial charge in [-0.3, -0.25) is 14.3 Å². The van der Waals surface area contributed by atoms with E-state index in [4.69, 9.17) is 9.47 Å². The van der Waals surface area contributed by atoms with Gasteiger partial charge in [0.2, 0.25) is 5.91 Å². The number of carbonyl (C=O) groups is 2. The molecule has 1 atom stereocenters. The molecule has 0 aliphatic carbocycles. The molecule has 252 valence electrons. The zero-order chi connectivity index (χ0) is 34.8. The fourth-order valence-electron chi connectivity index (χ4n) is 5.02. The number of carbonyl (C=O) groups excluding carboxylic acids is 2. The van der Waals surface area contributed by atoms with Gasteiger partial charge in [0.1, 0.15) is 29.2 Å². The lowest BCUT2D eigenvalue weighted by atomic mass is 10.0. The highest BCUT2D eigenvalue weighted by Crippen LogP contribution is 2.26. The molecule has 0 aromatic heterocycles. The first-order valence-electron chi connectivity index (χ1n) is 15.1. The van der Waals surface area contributed by atoms with E-state index in [-0.39, 0.29) is 29.4 Å². The minimum absolute atomic E-state index is 0.0453. The van der Waals surface area contributed by atoms with Crippen molar-refractivity contribution in [3.63, 3.8) is 0 Å². The van der Waals surface area contributed by atoms with E-state index in [9.17, 15) is 26.8 Å². The molecule has 0 saturated carbocycles. The Morgan fingerprint density at radius 1 is 0.776 bits per heavy atom. The molecular formula is C37H33F2N3O6S. The number of sulfonamides is 1. The van der Waals surface area contributed by atoms with E-state index in [1.165, 1.54) is 72.7 Å². The van der Waals surface area contributed by atoms with Crippen LogP contribution in [0.5, 0.6) is 11.5 Å². The standard InChI is InChI=1S/C37H33F2N3O6S/c1-47-34-10-6-5-9-28(34)23-40-37(44)36(27-7-3-2-4-8-27)42(24-26-11-13-29(38)14-12-26)35(43)25-48-32-19-21-33(22-20-32)49(45,46)41-31-17-15-30(39)16-18-31/h2-22,36,41H,23-25H2,1H3,(H,40,44)/t36-/m1/s1. The van der Waals surface area contributed by atoms with Crippen LogP contribution in [0.3, 0.4) is 0 Å². The number of nitrogens with zero attached hydrogens (tertiary/aromatic N) is 1. The third kappa shape index (κ3) is 9.20. The van der Waals surface area contributed by atoms with Crippen molar-refractivity contribution in [2.24, 2.45) is 0 Å². The zero-order valence-corrected chi connectivity index (χ0v) is 27.2. The van der Waals surface area contributed by atoms with Crippen molar-refractivity contribution in [1.29, 1.82) is 0 Å². The van der Waals surface area contributed by atoms with Gasteiger partial charge in [-0.05, 0) is 77.9 Å². The summed E-state index contributed by atoms with van der Waals surface area (Å²) in [4.78, 5) is 29.1. The zero-order valence-electron chi connectivity index (χ0n) is 26.4. The molecule has 5 aromatic carbocycles. The Labute approximate surface area is 283 Å². The Hall–Kier alpha value is -5.75. The first-order valence-corrected chi connectivity index (χ1v) is 16.6. The van der Waals surface area contributed by atoms with Gasteiger partial charge in [-0.15, -0.1) is 0 Å².